The summed E-state index contributed by atoms with van der Waals surface area (Å²) in [5.74, 6) is -0.801. The van der Waals surface area contributed by atoms with Gasteiger partial charge in [0.1, 0.15) is 5.78 Å². The normalized spacial score (nSPS) is 40.8. The molecule has 0 spiro atoms. The van der Waals surface area contributed by atoms with Crippen LogP contribution in [0.25, 0.3) is 0 Å². The number of hydrogen-bond donors (Lipinski definition) is 1. The van der Waals surface area contributed by atoms with Gasteiger partial charge in [0.25, 0.3) is 0 Å². The van der Waals surface area contributed by atoms with Crippen LogP contribution in [0.15, 0.2) is 0 Å². The molecule has 2 bridgehead atoms. The topological polar surface area (TPSA) is 72.8 Å². The molecule has 0 aromatic carbocycles. The summed E-state index contributed by atoms with van der Waals surface area (Å²) in [6.45, 7) is 9.67. The molecule has 4 fully saturated rings. The Bertz CT molecular complexity index is 519. The quantitative estimate of drug-likeness (QED) is 0.791. The second-order valence-electron chi connectivity index (χ2n) is 8.12. The zero-order valence-electron chi connectivity index (χ0n) is 14.1. The van der Waals surface area contributed by atoms with E-state index in [1.54, 1.807) is 0 Å². The Labute approximate surface area is 131 Å². The first-order chi connectivity index (χ1) is 10.0. The summed E-state index contributed by atoms with van der Waals surface area (Å²) in [4.78, 5) is 24.8. The van der Waals surface area contributed by atoms with Gasteiger partial charge in [-0.2, -0.15) is 0 Å². The molecule has 0 aromatic heterocycles. The molecule has 1 aliphatic heterocycles. The number of aliphatic carboxylic acids is 1. The van der Waals surface area contributed by atoms with Crippen molar-refractivity contribution >= 4 is 18.9 Å². The van der Waals surface area contributed by atoms with Crippen LogP contribution in [0.4, 0.5) is 0 Å². The zero-order valence-corrected chi connectivity index (χ0v) is 14.1. The molecule has 4 aliphatic rings. The second-order valence-corrected chi connectivity index (χ2v) is 8.12. The first kappa shape index (κ1) is 16.0. The van der Waals surface area contributed by atoms with Gasteiger partial charge in [0.2, 0.25) is 0 Å². The number of carboxylic acid groups (broad SMARTS) is 1. The Kier molecular flexibility index (Phi) is 3.17. The summed E-state index contributed by atoms with van der Waals surface area (Å²) in [7, 11) is -0.750. The lowest BCUT2D eigenvalue weighted by Gasteiger charge is -2.73. The number of hydrogen-bond acceptors (Lipinski definition) is 4. The van der Waals surface area contributed by atoms with E-state index in [2.05, 4.69) is 0 Å². The van der Waals surface area contributed by atoms with Gasteiger partial charge < -0.3 is 14.4 Å². The van der Waals surface area contributed by atoms with Gasteiger partial charge in [0, 0.05) is 6.42 Å². The van der Waals surface area contributed by atoms with Gasteiger partial charge in [0.15, 0.2) is 0 Å². The summed E-state index contributed by atoms with van der Waals surface area (Å²) >= 11 is 0. The predicted octanol–water partition coefficient (Wildman–Crippen LogP) is 2.68. The van der Waals surface area contributed by atoms with Crippen molar-refractivity contribution in [2.75, 3.05) is 0 Å². The Morgan fingerprint density at radius 2 is 1.64 bits per heavy atom. The fourth-order valence-corrected chi connectivity index (χ4v) is 4.43. The van der Waals surface area contributed by atoms with Crippen LogP contribution in [0, 0.1) is 11.3 Å². The van der Waals surface area contributed by atoms with Gasteiger partial charge in [-0.1, -0.05) is 6.92 Å². The minimum Gasteiger partial charge on any atom is -0.481 e. The third-order valence-corrected chi connectivity index (χ3v) is 6.60. The zero-order chi connectivity index (χ0) is 16.6. The van der Waals surface area contributed by atoms with E-state index in [4.69, 9.17) is 9.31 Å². The number of rotatable bonds is 5. The van der Waals surface area contributed by atoms with Crippen molar-refractivity contribution in [2.24, 2.45) is 11.3 Å². The molecule has 1 saturated heterocycles. The summed E-state index contributed by atoms with van der Waals surface area (Å²) < 4.78 is 12.2. The van der Waals surface area contributed by atoms with Gasteiger partial charge in [-0.05, 0) is 52.9 Å². The number of ketones is 1. The van der Waals surface area contributed by atoms with Crippen molar-refractivity contribution in [3.05, 3.63) is 0 Å². The summed E-state index contributed by atoms with van der Waals surface area (Å²) in [6, 6.07) is 0. The first-order valence-electron chi connectivity index (χ1n) is 8.17. The molecule has 1 atom stereocenters. The number of Topliss-reactive ketones (excluding diaryl/α,β-unsaturated/α-hetero) is 1. The van der Waals surface area contributed by atoms with Crippen LogP contribution in [0.2, 0.25) is 5.31 Å². The lowest BCUT2D eigenvalue weighted by Crippen LogP contribution is -2.77. The smallest absolute Gasteiger partial charge is 0.473 e. The van der Waals surface area contributed by atoms with Crippen molar-refractivity contribution in [1.82, 2.24) is 0 Å². The van der Waals surface area contributed by atoms with Gasteiger partial charge in [-0.25, -0.2) is 0 Å². The lowest BCUT2D eigenvalue weighted by atomic mass is 9.18. The molecule has 1 unspecified atom stereocenters. The Hall–Kier alpha value is -0.875. The van der Waals surface area contributed by atoms with E-state index < -0.39 is 35.0 Å². The predicted molar refractivity (Wildman–Crippen MR) is 81.5 cm³/mol. The van der Waals surface area contributed by atoms with E-state index in [1.807, 2.05) is 34.6 Å². The molecular formula is C16H25BO5. The summed E-state index contributed by atoms with van der Waals surface area (Å²) in [5.41, 5.74) is -2.09. The molecular weight excluding hydrogens is 283 g/mol. The molecule has 0 amide bonds. The minimum atomic E-state index is -0.986. The summed E-state index contributed by atoms with van der Waals surface area (Å²) in [6.07, 6.45) is 2.24. The molecule has 1 N–H and O–H groups in total. The SMILES string of the molecule is CCCC(=O)C1(B2OC(C)(C)C(C)(C)O2)C2CC1(C(=O)O)C2. The highest BCUT2D eigenvalue weighted by Crippen LogP contribution is 2.83. The third kappa shape index (κ3) is 1.53. The number of carboxylic acids is 1. The fourth-order valence-electron chi connectivity index (χ4n) is 4.43. The molecule has 0 radical (unpaired) electrons. The van der Waals surface area contributed by atoms with Crippen molar-refractivity contribution in [3.8, 4) is 0 Å². The van der Waals surface area contributed by atoms with Crippen LogP contribution in [0.5, 0.6) is 0 Å². The average molecular weight is 308 g/mol. The fraction of sp³-hybridized carbons (Fsp3) is 0.875. The van der Waals surface area contributed by atoms with Gasteiger partial charge in [-0.3, -0.25) is 9.59 Å². The molecule has 4 rings (SSSR count). The highest BCUT2D eigenvalue weighted by atomic mass is 16.7. The van der Waals surface area contributed by atoms with E-state index in [1.165, 1.54) is 0 Å². The van der Waals surface area contributed by atoms with Crippen LogP contribution >= 0.6 is 0 Å². The van der Waals surface area contributed by atoms with Crippen molar-refractivity contribution in [3.63, 3.8) is 0 Å². The van der Waals surface area contributed by atoms with E-state index in [-0.39, 0.29) is 11.7 Å². The van der Waals surface area contributed by atoms with Crippen molar-refractivity contribution in [1.29, 1.82) is 0 Å². The average Bonchev–Trinajstić information content (AvgIpc) is 2.43. The number of carbonyl (C=O) groups excluding carboxylic acids is 1. The maximum atomic E-state index is 12.9. The molecule has 5 nitrogen and oxygen atoms in total. The molecule has 6 heteroatoms. The van der Waals surface area contributed by atoms with Crippen LogP contribution < -0.4 is 0 Å². The minimum absolute atomic E-state index is 0.00148. The van der Waals surface area contributed by atoms with Crippen LogP contribution in [0.3, 0.4) is 0 Å². The summed E-state index contributed by atoms with van der Waals surface area (Å²) in [5, 5.41) is 8.75. The molecule has 122 valence electrons. The Morgan fingerprint density at radius 3 is 1.95 bits per heavy atom. The van der Waals surface area contributed by atoms with E-state index >= 15 is 0 Å². The van der Waals surface area contributed by atoms with Gasteiger partial charge in [0.05, 0.1) is 21.9 Å². The van der Waals surface area contributed by atoms with Crippen LogP contribution in [-0.4, -0.2) is 35.2 Å². The Balaban J connectivity index is 2.00. The van der Waals surface area contributed by atoms with E-state index in [0.717, 1.165) is 0 Å². The monoisotopic (exact) mass is 308 g/mol. The van der Waals surface area contributed by atoms with Crippen molar-refractivity contribution < 1.29 is 24.0 Å². The highest BCUT2D eigenvalue weighted by Gasteiger charge is 2.88. The molecule has 3 aliphatic carbocycles. The standard InChI is InChI=1S/C16H25BO5/c1-6-7-11(18)16(10-8-15(16,9-10)12(19)20)17-21-13(2,3)14(4,5)22-17/h10H,6-9H2,1-5H3,(H,19,20). The second kappa shape index (κ2) is 4.35. The van der Waals surface area contributed by atoms with Gasteiger partial charge in [-0.15, -0.1) is 0 Å². The Morgan fingerprint density at radius 1 is 1.14 bits per heavy atom. The highest BCUT2D eigenvalue weighted by molar-refractivity contribution is 6.58. The largest absolute Gasteiger partial charge is 0.481 e. The van der Waals surface area contributed by atoms with E-state index in [9.17, 15) is 14.7 Å². The molecule has 22 heavy (non-hydrogen) atoms. The molecule has 0 aromatic rings. The van der Waals surface area contributed by atoms with Gasteiger partial charge >= 0.3 is 13.1 Å². The maximum Gasteiger partial charge on any atom is 0.473 e. The first-order valence-corrected chi connectivity index (χ1v) is 8.17. The maximum absolute atomic E-state index is 12.9. The third-order valence-electron chi connectivity index (χ3n) is 6.60. The number of carbonyl (C=O) groups is 2. The van der Waals surface area contributed by atoms with Crippen LogP contribution in [0.1, 0.15) is 60.3 Å². The molecule has 1 heterocycles. The van der Waals surface area contributed by atoms with Crippen LogP contribution in [-0.2, 0) is 18.9 Å². The molecule has 3 saturated carbocycles. The lowest BCUT2D eigenvalue weighted by molar-refractivity contribution is -0.214. The van der Waals surface area contributed by atoms with Crippen molar-refractivity contribution in [2.45, 2.75) is 76.8 Å². The van der Waals surface area contributed by atoms with E-state index in [0.29, 0.717) is 25.7 Å².